The Morgan fingerprint density at radius 3 is 2.38 bits per heavy atom. The standard InChI is InChI=1S/C10H9N3O2S/c1-5-8(10(14)15)6(2)13-9(12-5)7-3-11-4-16-7/h3-4H,1-2H3,(H,14,15). The summed E-state index contributed by atoms with van der Waals surface area (Å²) in [4.78, 5) is 24.1. The lowest BCUT2D eigenvalue weighted by atomic mass is 10.2. The topological polar surface area (TPSA) is 76.0 Å². The lowest BCUT2D eigenvalue weighted by molar-refractivity contribution is 0.0694. The lowest BCUT2D eigenvalue weighted by Crippen LogP contribution is -2.08. The van der Waals surface area contributed by atoms with Crippen LogP contribution in [0.5, 0.6) is 0 Å². The van der Waals surface area contributed by atoms with Crippen molar-refractivity contribution in [2.45, 2.75) is 13.8 Å². The van der Waals surface area contributed by atoms with E-state index in [-0.39, 0.29) is 5.56 Å². The molecule has 2 heterocycles. The van der Waals surface area contributed by atoms with E-state index in [1.54, 1.807) is 25.6 Å². The van der Waals surface area contributed by atoms with Gasteiger partial charge in [0.15, 0.2) is 5.82 Å². The quantitative estimate of drug-likeness (QED) is 0.860. The van der Waals surface area contributed by atoms with Gasteiger partial charge in [-0.15, -0.1) is 11.3 Å². The summed E-state index contributed by atoms with van der Waals surface area (Å²) in [7, 11) is 0. The summed E-state index contributed by atoms with van der Waals surface area (Å²) in [5, 5.41) is 8.98. The van der Waals surface area contributed by atoms with Crippen molar-refractivity contribution in [1.82, 2.24) is 15.0 Å². The van der Waals surface area contributed by atoms with Gasteiger partial charge in [0.25, 0.3) is 0 Å². The minimum atomic E-state index is -0.995. The lowest BCUT2D eigenvalue weighted by Gasteiger charge is -2.05. The maximum absolute atomic E-state index is 11.0. The van der Waals surface area contributed by atoms with Crippen LogP contribution < -0.4 is 0 Å². The van der Waals surface area contributed by atoms with Crippen molar-refractivity contribution in [2.24, 2.45) is 0 Å². The van der Waals surface area contributed by atoms with Crippen LogP contribution in [-0.4, -0.2) is 26.0 Å². The molecule has 0 fully saturated rings. The molecule has 0 unspecified atom stereocenters. The van der Waals surface area contributed by atoms with Crippen LogP contribution in [0.1, 0.15) is 21.7 Å². The summed E-state index contributed by atoms with van der Waals surface area (Å²) in [6.07, 6.45) is 1.67. The summed E-state index contributed by atoms with van der Waals surface area (Å²) >= 11 is 1.42. The molecule has 0 saturated heterocycles. The van der Waals surface area contributed by atoms with Gasteiger partial charge >= 0.3 is 5.97 Å². The third kappa shape index (κ3) is 1.79. The maximum Gasteiger partial charge on any atom is 0.339 e. The van der Waals surface area contributed by atoms with E-state index in [0.29, 0.717) is 17.2 Å². The third-order valence-corrected chi connectivity index (χ3v) is 2.91. The van der Waals surface area contributed by atoms with E-state index in [2.05, 4.69) is 15.0 Å². The van der Waals surface area contributed by atoms with E-state index in [1.165, 1.54) is 11.3 Å². The molecule has 0 aliphatic rings. The predicted octanol–water partition coefficient (Wildman–Crippen LogP) is 1.92. The highest BCUT2D eigenvalue weighted by molar-refractivity contribution is 7.13. The summed E-state index contributed by atoms with van der Waals surface area (Å²) < 4.78 is 0. The zero-order valence-electron chi connectivity index (χ0n) is 8.76. The third-order valence-electron chi connectivity index (χ3n) is 2.14. The van der Waals surface area contributed by atoms with Gasteiger partial charge < -0.3 is 5.11 Å². The fraction of sp³-hybridized carbons (Fsp3) is 0.200. The van der Waals surface area contributed by atoms with E-state index in [0.717, 1.165) is 4.88 Å². The van der Waals surface area contributed by atoms with Gasteiger partial charge in [-0.1, -0.05) is 0 Å². The van der Waals surface area contributed by atoms with E-state index in [1.807, 2.05) is 0 Å². The van der Waals surface area contributed by atoms with Crippen molar-refractivity contribution in [3.05, 3.63) is 28.7 Å². The van der Waals surface area contributed by atoms with Crippen molar-refractivity contribution in [1.29, 1.82) is 0 Å². The molecule has 2 rings (SSSR count). The fourth-order valence-corrected chi connectivity index (χ4v) is 2.02. The largest absolute Gasteiger partial charge is 0.478 e. The Labute approximate surface area is 95.8 Å². The van der Waals surface area contributed by atoms with Gasteiger partial charge in [0.1, 0.15) is 5.56 Å². The first-order valence-corrected chi connectivity index (χ1v) is 5.45. The Morgan fingerprint density at radius 1 is 1.31 bits per heavy atom. The second-order valence-corrected chi connectivity index (χ2v) is 4.15. The molecule has 2 aromatic rings. The van der Waals surface area contributed by atoms with E-state index < -0.39 is 5.97 Å². The Kier molecular flexibility index (Phi) is 2.66. The van der Waals surface area contributed by atoms with Crippen molar-refractivity contribution in [3.8, 4) is 10.7 Å². The molecule has 6 heteroatoms. The minimum absolute atomic E-state index is 0.174. The van der Waals surface area contributed by atoms with Crippen molar-refractivity contribution >= 4 is 17.3 Å². The molecule has 0 aromatic carbocycles. The number of nitrogens with zero attached hydrogens (tertiary/aromatic N) is 3. The Hall–Kier alpha value is -1.82. The SMILES string of the molecule is Cc1nc(-c2cncs2)nc(C)c1C(=O)O. The molecule has 5 nitrogen and oxygen atoms in total. The Balaban J connectivity index is 2.58. The van der Waals surface area contributed by atoms with Gasteiger partial charge in [0.2, 0.25) is 0 Å². The number of aryl methyl sites for hydroxylation is 2. The normalized spacial score (nSPS) is 10.4. The Morgan fingerprint density at radius 2 is 1.94 bits per heavy atom. The molecule has 0 amide bonds. The monoisotopic (exact) mass is 235 g/mol. The second kappa shape index (κ2) is 3.97. The number of hydrogen-bond donors (Lipinski definition) is 1. The molecule has 16 heavy (non-hydrogen) atoms. The number of hydrogen-bond acceptors (Lipinski definition) is 5. The van der Waals surface area contributed by atoms with Crippen molar-refractivity contribution in [2.75, 3.05) is 0 Å². The molecule has 2 aromatic heterocycles. The first-order valence-electron chi connectivity index (χ1n) is 4.57. The number of rotatable bonds is 2. The van der Waals surface area contributed by atoms with E-state index >= 15 is 0 Å². The molecule has 82 valence electrons. The van der Waals surface area contributed by atoms with Crippen LogP contribution in [0.4, 0.5) is 0 Å². The van der Waals surface area contributed by atoms with Crippen LogP contribution >= 0.6 is 11.3 Å². The molecule has 0 spiro atoms. The molecule has 0 saturated carbocycles. The van der Waals surface area contributed by atoms with Gasteiger partial charge in [-0.3, -0.25) is 4.98 Å². The van der Waals surface area contributed by atoms with Crippen LogP contribution in [0.3, 0.4) is 0 Å². The average molecular weight is 235 g/mol. The predicted molar refractivity (Wildman–Crippen MR) is 59.6 cm³/mol. The van der Waals surface area contributed by atoms with Crippen LogP contribution in [0.25, 0.3) is 10.7 Å². The molecule has 0 aliphatic heterocycles. The van der Waals surface area contributed by atoms with E-state index in [4.69, 9.17) is 5.11 Å². The first kappa shape index (κ1) is 10.7. The number of carboxylic acid groups (broad SMARTS) is 1. The van der Waals surface area contributed by atoms with Gasteiger partial charge in [-0.25, -0.2) is 14.8 Å². The van der Waals surface area contributed by atoms with Crippen LogP contribution in [0, 0.1) is 13.8 Å². The van der Waals surface area contributed by atoms with Crippen molar-refractivity contribution in [3.63, 3.8) is 0 Å². The zero-order valence-corrected chi connectivity index (χ0v) is 9.58. The van der Waals surface area contributed by atoms with Crippen LogP contribution in [-0.2, 0) is 0 Å². The molecule has 0 atom stereocenters. The van der Waals surface area contributed by atoms with Gasteiger partial charge in [0.05, 0.1) is 21.8 Å². The highest BCUT2D eigenvalue weighted by Crippen LogP contribution is 2.21. The van der Waals surface area contributed by atoms with Crippen LogP contribution in [0.15, 0.2) is 11.7 Å². The highest BCUT2D eigenvalue weighted by Gasteiger charge is 2.15. The zero-order chi connectivity index (χ0) is 11.7. The van der Waals surface area contributed by atoms with E-state index in [9.17, 15) is 4.79 Å². The summed E-state index contributed by atoms with van der Waals surface area (Å²) in [5.41, 5.74) is 2.81. The van der Waals surface area contributed by atoms with Crippen LogP contribution in [0.2, 0.25) is 0 Å². The highest BCUT2D eigenvalue weighted by atomic mass is 32.1. The molecule has 0 bridgehead atoms. The number of carbonyl (C=O) groups is 1. The maximum atomic E-state index is 11.0. The molecular formula is C10H9N3O2S. The molecule has 1 N–H and O–H groups in total. The molecule has 0 radical (unpaired) electrons. The first-order chi connectivity index (χ1) is 7.59. The Bertz CT molecular complexity index is 514. The summed E-state index contributed by atoms with van der Waals surface area (Å²) in [6, 6.07) is 0. The fourth-order valence-electron chi connectivity index (χ4n) is 1.46. The van der Waals surface area contributed by atoms with Gasteiger partial charge in [-0.2, -0.15) is 0 Å². The van der Waals surface area contributed by atoms with Gasteiger partial charge in [0, 0.05) is 6.20 Å². The number of aromatic carboxylic acids is 1. The smallest absolute Gasteiger partial charge is 0.339 e. The minimum Gasteiger partial charge on any atom is -0.478 e. The summed E-state index contributed by atoms with van der Waals surface area (Å²) in [5.74, 6) is -0.464. The number of carboxylic acids is 1. The summed E-state index contributed by atoms with van der Waals surface area (Å²) in [6.45, 7) is 3.34. The van der Waals surface area contributed by atoms with Gasteiger partial charge in [-0.05, 0) is 13.8 Å². The second-order valence-electron chi connectivity index (χ2n) is 3.26. The number of aromatic nitrogens is 3. The molecular weight excluding hydrogens is 226 g/mol. The average Bonchev–Trinajstić information content (AvgIpc) is 2.67. The van der Waals surface area contributed by atoms with Crippen molar-refractivity contribution < 1.29 is 9.90 Å². The molecule has 0 aliphatic carbocycles. The number of thiazole rings is 1.